The minimum absolute atomic E-state index is 0. The minimum Gasteiger partial charge on any atom is -0.668 e. The number of imide groups is 3. The second-order valence-electron chi connectivity index (χ2n) is 42.7. The summed E-state index contributed by atoms with van der Waals surface area (Å²) < 4.78 is 33.4. The van der Waals surface area contributed by atoms with Gasteiger partial charge in [0.15, 0.2) is 17.3 Å². The predicted molar refractivity (Wildman–Crippen MR) is 566 cm³/mol. The van der Waals surface area contributed by atoms with Crippen molar-refractivity contribution >= 4 is 190 Å². The van der Waals surface area contributed by atoms with E-state index in [4.69, 9.17) is 44.9 Å². The summed E-state index contributed by atoms with van der Waals surface area (Å²) >= 11 is 0. The molecule has 48 heteroatoms. The quantitative estimate of drug-likeness (QED) is 0.00882. The number of carbonyl (C=O) groups is 12. The molecule has 3 aromatic carbocycles. The molecule has 139 heavy (non-hydrogen) atoms. The number of benzene rings is 3. The van der Waals surface area contributed by atoms with Gasteiger partial charge in [-0.25, -0.2) is 0 Å². The van der Waals surface area contributed by atoms with Gasteiger partial charge in [0.1, 0.15) is 37.7 Å². The van der Waals surface area contributed by atoms with Crippen LogP contribution in [0.25, 0.3) is 13.9 Å². The Labute approximate surface area is 876 Å². The van der Waals surface area contributed by atoms with E-state index in [9.17, 15) is 67.6 Å². The number of nitrogens with zero attached hydrogens (tertiary/aromatic N) is 6. The van der Waals surface area contributed by atoms with Crippen LogP contribution < -0.4 is 83.0 Å². The Hall–Kier alpha value is -6.42. The van der Waals surface area contributed by atoms with Gasteiger partial charge in [0.25, 0.3) is 0 Å². The zero-order valence-corrected chi connectivity index (χ0v) is 96.2. The topological polar surface area (TPSA) is 490 Å². The van der Waals surface area contributed by atoms with Crippen LogP contribution in [-0.2, 0) is 61.8 Å². The van der Waals surface area contributed by atoms with E-state index in [2.05, 4.69) is 154 Å². The van der Waals surface area contributed by atoms with Gasteiger partial charge in [0.2, 0.25) is 53.2 Å². The summed E-state index contributed by atoms with van der Waals surface area (Å²) in [4.78, 5) is 147. The van der Waals surface area contributed by atoms with Crippen LogP contribution in [0, 0.1) is 77.4 Å². The average molecular weight is 2000 g/mol. The number of amides is 9. The maximum Gasteiger partial charge on any atom is 1.00 e. The van der Waals surface area contributed by atoms with Crippen molar-refractivity contribution in [1.29, 1.82) is 21.6 Å². The van der Waals surface area contributed by atoms with Crippen LogP contribution in [0.15, 0.2) is 72.8 Å². The Morgan fingerprint density at radius 3 is 1.27 bits per heavy atom. The normalized spacial score (nSPS) is 18.4. The van der Waals surface area contributed by atoms with E-state index in [0.29, 0.717) is 55.1 Å². The van der Waals surface area contributed by atoms with Crippen molar-refractivity contribution in [3.63, 3.8) is 0 Å². The van der Waals surface area contributed by atoms with E-state index in [1.807, 2.05) is 91.8 Å². The molecule has 6 aliphatic heterocycles. The van der Waals surface area contributed by atoms with E-state index in [0.717, 1.165) is 55.3 Å². The van der Waals surface area contributed by atoms with E-state index >= 15 is 0 Å². The van der Waals surface area contributed by atoms with Crippen LogP contribution in [-0.4, -0.2) is 263 Å². The second-order valence-corrected chi connectivity index (χ2v) is 71.5. The summed E-state index contributed by atoms with van der Waals surface area (Å²) in [6.45, 7) is 68.2. The summed E-state index contributed by atoms with van der Waals surface area (Å²) in [5.74, 6) is -3.39. The average Bonchev–Trinajstić information content (AvgIpc) is 0.718. The van der Waals surface area contributed by atoms with Gasteiger partial charge in [-0.15, -0.1) is 0 Å². The van der Waals surface area contributed by atoms with Crippen LogP contribution >= 0.6 is 0 Å². The first-order valence-corrected chi connectivity index (χ1v) is 67.3. The molecule has 6 saturated heterocycles. The van der Waals surface area contributed by atoms with Crippen LogP contribution in [0.5, 0.6) is 0 Å². The molecule has 6 aliphatic rings. The molecule has 0 spiro atoms. The van der Waals surface area contributed by atoms with Gasteiger partial charge in [-0.1, -0.05) is 278 Å². The fourth-order valence-corrected chi connectivity index (χ4v) is 39.7. The Morgan fingerprint density at radius 1 is 0.561 bits per heavy atom. The first-order valence-electron chi connectivity index (χ1n) is 46.6. The first-order chi connectivity index (χ1) is 62.4. The SMILES string of the molecule is CB(O)N[C@H]1C(=O)N(C(=O)[C@H](C[B]OC=N)C(C)(C)CC(=O)c2ccc(C)cc2)C1(C)C.CB(O)N[C@H]1C(=O)N(C(=O)[C@H](C[B]OC=N)[C@@H](C)CC(=O)c2ccc(C)cc2)[C@@H]1C.CC1(C)NC(=O)[C@@H]1C[B]OC=N.C[C@@H]1NC(=O)[C@@H]1C[B]OC=N.C[Si](C)(C)[N-][Si](C)(C)C.C[Si](C)(C)[N-][Si](C)(C)C.C[Si](C)(C)[N-][Si](C)(C)C.Cc1ccc(C(=O)CCCC(=O)N2CCC2=O)cc1.O=C1CCN1.[Li+].[Li+].[Li+]. The molecule has 750 valence electrons. The van der Waals surface area contributed by atoms with Gasteiger partial charge >= 0.3 is 101 Å². The third-order valence-corrected chi connectivity index (χ3v) is 37.6. The van der Waals surface area contributed by atoms with Crippen molar-refractivity contribution < 1.29 is 143 Å². The third-order valence-electron chi connectivity index (χ3n) is 21.5. The molecule has 9 amide bonds. The van der Waals surface area contributed by atoms with E-state index in [1.54, 1.807) is 64.1 Å². The number of β-lactam (4-membered cyclic amide) rings is 6. The molecule has 0 bridgehead atoms. The summed E-state index contributed by atoms with van der Waals surface area (Å²) in [7, 11) is -2.75. The van der Waals surface area contributed by atoms with Gasteiger partial charge in [-0.3, -0.25) is 93.9 Å². The largest absolute Gasteiger partial charge is 1.00 e. The number of likely N-dealkylation sites (tertiary alicyclic amines) is 3. The fraction of sp³-hybridized carbons (Fsp3) is 0.626. The van der Waals surface area contributed by atoms with E-state index in [-0.39, 0.29) is 171 Å². The first kappa shape index (κ1) is 137. The zero-order valence-electron chi connectivity index (χ0n) is 90.2. The van der Waals surface area contributed by atoms with Crippen molar-refractivity contribution in [2.45, 2.75) is 320 Å². The number of nitrogens with one attached hydrogen (secondary N) is 9. The number of carbonyl (C=O) groups excluding carboxylic acids is 12. The molecule has 11 N–H and O–H groups in total. The van der Waals surface area contributed by atoms with Crippen molar-refractivity contribution in [2.24, 2.45) is 35.0 Å². The van der Waals surface area contributed by atoms with Gasteiger partial charge < -0.3 is 69.0 Å². The molecule has 0 aromatic heterocycles. The standard InChI is InChI=1S/C22H32B2N3O5.C20H28B2N3O5.C15H17NO3.C7H12BN2O2.C6H10BN2O2.3C6H18NSi2.C3H5NO.3Li/c1-14-7-9-15(10-8-14)17(28)11-21(2,3)16(12-23-32-13-25)19(29)27-20(30)18(22(27,4)5)26-24(6)31;1-12-5-7-15(8-6-12)17(26)9-13(2)16(10-21-30-11-23)19(27)25-14(3)18(20(25)28)24-22(4)29;1-11-5-7-12(8-6-11)13(17)3-2-4-14(18)16-10-9-15(16)19;1-7(2)5(6(11)10-7)3-8-12-4-9;1-4-5(6(10)9-4)2-7-11-3-8;3*1-8(2,3)7-9(4,5)6;5-3-1-2-4-3;;;/h7-10,13,16,18,25-26,31H,11-12H2,1-6H3;5-8,11,13-14,16,18,23-24,29H,9-10H2,1-4H3;5-8H,2-4,9-10H2,1H3;4-5,9H,3H2,1-2H3,(H,10,11);3-5,8H,2H2,1H3,(H,9,10);3*1-6H3;1-2H2,(H,4,5);;;/q;;;;;3*-1;;3*+1/t16-,18-;13-,14+,16+,18+;;5-;4-,5+;;;;;;;/m00.00......./s1. The molecular weight excluding hydrogens is 1850 g/mol. The summed E-state index contributed by atoms with van der Waals surface area (Å²) in [6.07, 6.45) is 7.21. The van der Waals surface area contributed by atoms with E-state index in [1.165, 1.54) is 58.3 Å². The minimum atomic E-state index is -1.11. The van der Waals surface area contributed by atoms with Crippen LogP contribution in [0.3, 0.4) is 0 Å². The molecule has 0 aliphatic carbocycles. The molecule has 0 unspecified atom stereocenters. The van der Waals surface area contributed by atoms with Crippen LogP contribution in [0.4, 0.5) is 0 Å². The van der Waals surface area contributed by atoms with Gasteiger partial charge in [0, 0.05) is 91.7 Å². The Kier molecular flexibility index (Phi) is 62.1. The van der Waals surface area contributed by atoms with Gasteiger partial charge in [0.05, 0.1) is 23.4 Å². The summed E-state index contributed by atoms with van der Waals surface area (Å²) in [6, 6.07) is 20.4. The molecular formula is C91H158B6Li3N15O18Si6. The maximum absolute atomic E-state index is 13.6. The van der Waals surface area contributed by atoms with Crippen molar-refractivity contribution in [3.05, 3.63) is 120 Å². The molecule has 3 aromatic rings. The second kappa shape index (κ2) is 63.1. The summed E-state index contributed by atoms with van der Waals surface area (Å²) in [5, 5.41) is 59.9. The maximum atomic E-state index is 13.6. The molecule has 6 fully saturated rings. The monoisotopic (exact) mass is 2000 g/mol. The molecule has 6 heterocycles. The van der Waals surface area contributed by atoms with Gasteiger partial charge in [-0.2, -0.15) is 0 Å². The number of aryl methyl sites for hydroxylation is 3. The number of hydrogen-bond donors (Lipinski definition) is 11. The Morgan fingerprint density at radius 2 is 0.950 bits per heavy atom. The molecule has 9 rings (SSSR count). The number of ketones is 3. The predicted octanol–water partition coefficient (Wildman–Crippen LogP) is 5.06. The van der Waals surface area contributed by atoms with Crippen LogP contribution in [0.2, 0.25) is 157 Å². The molecule has 4 radical (unpaired) electrons. The van der Waals surface area contributed by atoms with Crippen molar-refractivity contribution in [2.75, 3.05) is 13.1 Å². The smallest absolute Gasteiger partial charge is 0.668 e. The number of hydrogen-bond acceptors (Lipinski definition) is 24. The van der Waals surface area contributed by atoms with Crippen molar-refractivity contribution in [1.82, 2.24) is 41.1 Å². The molecule has 0 saturated carbocycles. The fourth-order valence-electron chi connectivity index (χ4n) is 15.5. The zero-order chi connectivity index (χ0) is 105. The van der Waals surface area contributed by atoms with Crippen LogP contribution in [0.1, 0.15) is 155 Å². The molecule has 33 nitrogen and oxygen atoms in total. The molecule has 9 atom stereocenters. The third kappa shape index (κ3) is 52.8. The van der Waals surface area contributed by atoms with E-state index < -0.39 is 122 Å². The summed E-state index contributed by atoms with van der Waals surface area (Å²) in [5.41, 5.74) is 3.27. The van der Waals surface area contributed by atoms with Gasteiger partial charge in [-0.05, 0) is 119 Å². The van der Waals surface area contributed by atoms with Crippen molar-refractivity contribution in [3.8, 4) is 0 Å². The Bertz CT molecular complexity index is 4340. The Balaban J connectivity index is -0.00000158. The number of rotatable bonds is 41. The number of Topliss-reactive ketones (excluding diaryl/α,β-unsaturated/α-hetero) is 3.